The molecular weight excluding hydrogens is 372 g/mol. The van der Waals surface area contributed by atoms with Gasteiger partial charge in [-0.1, -0.05) is 54.1 Å². The fraction of sp³-hybridized carbons (Fsp3) is 0.227. The van der Waals surface area contributed by atoms with Gasteiger partial charge in [-0.3, -0.25) is 4.79 Å². The Kier molecular flexibility index (Phi) is 5.53. The maximum absolute atomic E-state index is 12.5. The molecule has 1 amide bonds. The van der Waals surface area contributed by atoms with Crippen molar-refractivity contribution in [2.24, 2.45) is 0 Å². The summed E-state index contributed by atoms with van der Waals surface area (Å²) in [6.07, 6.45) is 2.87. The molecule has 142 valence electrons. The van der Waals surface area contributed by atoms with Crippen molar-refractivity contribution >= 4 is 23.3 Å². The summed E-state index contributed by atoms with van der Waals surface area (Å²) < 4.78 is 0. The highest BCUT2D eigenvalue weighted by Crippen LogP contribution is 2.21. The van der Waals surface area contributed by atoms with Gasteiger partial charge in [0, 0.05) is 29.2 Å². The molecule has 0 saturated heterocycles. The van der Waals surface area contributed by atoms with Gasteiger partial charge in [0.1, 0.15) is 11.5 Å². The van der Waals surface area contributed by atoms with Crippen LogP contribution < -0.4 is 10.6 Å². The number of hydrogen-bond acceptors (Lipinski definition) is 4. The van der Waals surface area contributed by atoms with Crippen molar-refractivity contribution in [1.29, 1.82) is 0 Å². The molecule has 3 aromatic rings. The molecule has 2 aromatic carbocycles. The number of carbonyl (C=O) groups is 1. The lowest BCUT2D eigenvalue weighted by atomic mass is 10.1. The lowest BCUT2D eigenvalue weighted by Crippen LogP contribution is -2.26. The largest absolute Gasteiger partial charge is 0.370 e. The Morgan fingerprint density at radius 3 is 2.61 bits per heavy atom. The fourth-order valence-electron chi connectivity index (χ4n) is 2.88. The van der Waals surface area contributed by atoms with Crippen LogP contribution in [0.4, 0.5) is 5.82 Å². The Morgan fingerprint density at radius 1 is 1.04 bits per heavy atom. The Morgan fingerprint density at radius 2 is 1.86 bits per heavy atom. The first-order valence-electron chi connectivity index (χ1n) is 9.41. The SMILES string of the molecule is O=C(NC1CC1)c1cc(NCCc2cccc(Cl)c2)nc(-c2ccccc2)n1. The van der Waals surface area contributed by atoms with E-state index in [1.165, 1.54) is 0 Å². The van der Waals surface area contributed by atoms with Crippen molar-refractivity contribution in [3.63, 3.8) is 0 Å². The molecule has 4 rings (SSSR count). The first-order chi connectivity index (χ1) is 13.7. The summed E-state index contributed by atoms with van der Waals surface area (Å²) in [7, 11) is 0. The molecule has 5 nitrogen and oxygen atoms in total. The Bertz CT molecular complexity index is 973. The van der Waals surface area contributed by atoms with E-state index in [-0.39, 0.29) is 11.9 Å². The van der Waals surface area contributed by atoms with Crippen LogP contribution in [0, 0.1) is 0 Å². The predicted octanol–water partition coefficient (Wildman–Crippen LogP) is 4.34. The van der Waals surface area contributed by atoms with Gasteiger partial charge in [0.15, 0.2) is 5.82 Å². The zero-order chi connectivity index (χ0) is 19.3. The van der Waals surface area contributed by atoms with Crippen molar-refractivity contribution in [1.82, 2.24) is 15.3 Å². The zero-order valence-corrected chi connectivity index (χ0v) is 16.1. The second kappa shape index (κ2) is 8.40. The molecule has 1 aliphatic carbocycles. The quantitative estimate of drug-likeness (QED) is 0.627. The standard InChI is InChI=1S/C22H21ClN4O/c23-17-8-4-5-15(13-17)11-12-24-20-14-19(22(28)25-18-9-10-18)26-21(27-20)16-6-2-1-3-7-16/h1-8,13-14,18H,9-12H2,(H,25,28)(H,24,26,27). The van der Waals surface area contributed by atoms with Gasteiger partial charge in [-0.05, 0) is 37.0 Å². The number of benzene rings is 2. The normalized spacial score (nSPS) is 13.2. The van der Waals surface area contributed by atoms with E-state index in [2.05, 4.69) is 20.6 Å². The summed E-state index contributed by atoms with van der Waals surface area (Å²) in [5.74, 6) is 1.02. The van der Waals surface area contributed by atoms with Crippen molar-refractivity contribution in [2.75, 3.05) is 11.9 Å². The van der Waals surface area contributed by atoms with Crippen LogP contribution in [0.2, 0.25) is 5.02 Å². The molecule has 1 aromatic heterocycles. The highest BCUT2D eigenvalue weighted by molar-refractivity contribution is 6.30. The van der Waals surface area contributed by atoms with Gasteiger partial charge in [-0.15, -0.1) is 0 Å². The minimum Gasteiger partial charge on any atom is -0.370 e. The number of carbonyl (C=O) groups excluding carboxylic acids is 1. The molecule has 0 aliphatic heterocycles. The predicted molar refractivity (Wildman–Crippen MR) is 112 cm³/mol. The summed E-state index contributed by atoms with van der Waals surface area (Å²) in [5.41, 5.74) is 2.40. The Hall–Kier alpha value is -2.92. The first-order valence-corrected chi connectivity index (χ1v) is 9.79. The van der Waals surface area contributed by atoms with Crippen LogP contribution in [0.15, 0.2) is 60.7 Å². The molecule has 1 fully saturated rings. The van der Waals surface area contributed by atoms with Crippen LogP contribution in [0.1, 0.15) is 28.9 Å². The molecule has 1 heterocycles. The topological polar surface area (TPSA) is 66.9 Å². The van der Waals surface area contributed by atoms with Crippen molar-refractivity contribution < 1.29 is 4.79 Å². The van der Waals surface area contributed by atoms with Crippen molar-refractivity contribution in [3.05, 3.63) is 76.9 Å². The van der Waals surface area contributed by atoms with E-state index in [0.29, 0.717) is 23.9 Å². The minimum atomic E-state index is -0.153. The Labute approximate surface area is 169 Å². The van der Waals surface area contributed by atoms with Gasteiger partial charge < -0.3 is 10.6 Å². The van der Waals surface area contributed by atoms with Gasteiger partial charge in [0.05, 0.1) is 0 Å². The van der Waals surface area contributed by atoms with Gasteiger partial charge in [0.2, 0.25) is 0 Å². The van der Waals surface area contributed by atoms with Crippen LogP contribution >= 0.6 is 11.6 Å². The number of nitrogens with one attached hydrogen (secondary N) is 2. The van der Waals surface area contributed by atoms with E-state index in [9.17, 15) is 4.79 Å². The molecule has 0 radical (unpaired) electrons. The zero-order valence-electron chi connectivity index (χ0n) is 15.4. The van der Waals surface area contributed by atoms with E-state index >= 15 is 0 Å². The molecule has 6 heteroatoms. The second-order valence-electron chi connectivity index (χ2n) is 6.88. The van der Waals surface area contributed by atoms with Gasteiger partial charge in [0.25, 0.3) is 5.91 Å². The minimum absolute atomic E-state index is 0.153. The number of anilines is 1. The highest BCUT2D eigenvalue weighted by atomic mass is 35.5. The van der Waals surface area contributed by atoms with Gasteiger partial charge in [-0.25, -0.2) is 9.97 Å². The van der Waals surface area contributed by atoms with E-state index in [1.54, 1.807) is 6.07 Å². The number of halogens is 1. The molecule has 0 spiro atoms. The lowest BCUT2D eigenvalue weighted by molar-refractivity contribution is 0.0946. The molecular formula is C22H21ClN4O. The molecule has 1 saturated carbocycles. The number of nitrogens with zero attached hydrogens (tertiary/aromatic N) is 2. The second-order valence-corrected chi connectivity index (χ2v) is 7.32. The first kappa shape index (κ1) is 18.4. The molecule has 0 bridgehead atoms. The third-order valence-electron chi connectivity index (χ3n) is 4.51. The fourth-order valence-corrected chi connectivity index (χ4v) is 3.10. The van der Waals surface area contributed by atoms with Crippen LogP contribution in [0.3, 0.4) is 0 Å². The van der Waals surface area contributed by atoms with Gasteiger partial charge in [-0.2, -0.15) is 0 Å². The van der Waals surface area contributed by atoms with Crippen molar-refractivity contribution in [3.8, 4) is 11.4 Å². The molecule has 28 heavy (non-hydrogen) atoms. The molecule has 0 atom stereocenters. The Balaban J connectivity index is 1.53. The molecule has 0 unspecified atom stereocenters. The number of aromatic nitrogens is 2. The summed E-state index contributed by atoms with van der Waals surface area (Å²) in [5, 5.41) is 7.03. The monoisotopic (exact) mass is 392 g/mol. The third kappa shape index (κ3) is 4.87. The van der Waals surface area contributed by atoms with Crippen LogP contribution in [-0.4, -0.2) is 28.5 Å². The summed E-state index contributed by atoms with van der Waals surface area (Å²) in [4.78, 5) is 21.6. The number of hydrogen-bond donors (Lipinski definition) is 2. The van der Waals surface area contributed by atoms with Crippen LogP contribution in [0.5, 0.6) is 0 Å². The highest BCUT2D eigenvalue weighted by Gasteiger charge is 2.25. The van der Waals surface area contributed by atoms with E-state index in [0.717, 1.165) is 35.4 Å². The van der Waals surface area contributed by atoms with Crippen molar-refractivity contribution in [2.45, 2.75) is 25.3 Å². The smallest absolute Gasteiger partial charge is 0.270 e. The third-order valence-corrected chi connectivity index (χ3v) is 4.75. The van der Waals surface area contributed by atoms with Gasteiger partial charge >= 0.3 is 0 Å². The van der Waals surface area contributed by atoms with E-state index in [1.807, 2.05) is 54.6 Å². The summed E-state index contributed by atoms with van der Waals surface area (Å²) in [6.45, 7) is 0.676. The number of rotatable bonds is 7. The summed E-state index contributed by atoms with van der Waals surface area (Å²) >= 11 is 6.05. The van der Waals surface area contributed by atoms with E-state index < -0.39 is 0 Å². The summed E-state index contributed by atoms with van der Waals surface area (Å²) in [6, 6.07) is 19.5. The van der Waals surface area contributed by atoms with Crippen LogP contribution in [0.25, 0.3) is 11.4 Å². The molecule has 2 N–H and O–H groups in total. The average molecular weight is 393 g/mol. The maximum atomic E-state index is 12.5. The number of amides is 1. The molecule has 1 aliphatic rings. The van der Waals surface area contributed by atoms with E-state index in [4.69, 9.17) is 11.6 Å². The lowest BCUT2D eigenvalue weighted by Gasteiger charge is -2.11. The average Bonchev–Trinajstić information content (AvgIpc) is 3.52. The van der Waals surface area contributed by atoms with Crippen LogP contribution in [-0.2, 0) is 6.42 Å². The maximum Gasteiger partial charge on any atom is 0.270 e.